The number of ether oxygens (including phenoxy) is 2. The van der Waals surface area contributed by atoms with Crippen molar-refractivity contribution in [2.24, 2.45) is 5.10 Å². The predicted octanol–water partition coefficient (Wildman–Crippen LogP) is 5.81. The van der Waals surface area contributed by atoms with Gasteiger partial charge in [-0.05, 0) is 86.6 Å². The molecule has 0 radical (unpaired) electrons. The monoisotopic (exact) mass is 691 g/mol. The highest BCUT2D eigenvalue weighted by Crippen LogP contribution is 2.29. The lowest BCUT2D eigenvalue weighted by Gasteiger charge is -2.11. The predicted molar refractivity (Wildman–Crippen MR) is 142 cm³/mol. The van der Waals surface area contributed by atoms with Crippen LogP contribution in [-0.2, 0) is 6.61 Å². The Labute approximate surface area is 221 Å². The summed E-state index contributed by atoms with van der Waals surface area (Å²) in [4.78, 5) is 22.9. The number of halogens is 3. The van der Waals surface area contributed by atoms with Gasteiger partial charge in [-0.25, -0.2) is 5.43 Å². The number of hydrazone groups is 1. The molecular formula is C22H16ClI2N3O5. The highest BCUT2D eigenvalue weighted by molar-refractivity contribution is 14.1. The fourth-order valence-corrected chi connectivity index (χ4v) is 4.99. The smallest absolute Gasteiger partial charge is 0.275 e. The van der Waals surface area contributed by atoms with Crippen LogP contribution < -0.4 is 14.9 Å². The van der Waals surface area contributed by atoms with Gasteiger partial charge in [0.15, 0.2) is 0 Å². The van der Waals surface area contributed by atoms with Crippen molar-refractivity contribution in [2.45, 2.75) is 6.61 Å². The summed E-state index contributed by atoms with van der Waals surface area (Å²) in [5.41, 5.74) is 3.91. The number of nitrogens with zero attached hydrogens (tertiary/aromatic N) is 2. The van der Waals surface area contributed by atoms with E-state index in [1.165, 1.54) is 25.5 Å². The molecule has 0 heterocycles. The molecule has 0 spiro atoms. The molecule has 0 saturated heterocycles. The molecule has 0 atom stereocenters. The van der Waals surface area contributed by atoms with Crippen LogP contribution >= 0.6 is 56.8 Å². The lowest BCUT2D eigenvalue weighted by Crippen LogP contribution is -2.18. The summed E-state index contributed by atoms with van der Waals surface area (Å²) in [6.45, 7) is 0.401. The first kappa shape index (κ1) is 25.2. The Morgan fingerprint density at radius 1 is 1.15 bits per heavy atom. The van der Waals surface area contributed by atoms with Gasteiger partial charge in [-0.15, -0.1) is 0 Å². The molecular weight excluding hydrogens is 676 g/mol. The lowest BCUT2D eigenvalue weighted by atomic mass is 10.1. The number of nitro groups is 1. The van der Waals surface area contributed by atoms with Crippen molar-refractivity contribution in [3.05, 3.63) is 93.6 Å². The number of hydrogen-bond donors (Lipinski definition) is 1. The molecule has 0 aromatic heterocycles. The average Bonchev–Trinajstić information content (AvgIpc) is 2.79. The maximum absolute atomic E-state index is 12.5. The fourth-order valence-electron chi connectivity index (χ4n) is 2.74. The average molecular weight is 692 g/mol. The van der Waals surface area contributed by atoms with Crippen molar-refractivity contribution in [3.8, 4) is 11.5 Å². The summed E-state index contributed by atoms with van der Waals surface area (Å²) in [6, 6.07) is 14.9. The minimum atomic E-state index is -0.626. The summed E-state index contributed by atoms with van der Waals surface area (Å²) in [5, 5.41) is 15.6. The minimum Gasteiger partial charge on any atom is -0.496 e. The van der Waals surface area contributed by atoms with E-state index < -0.39 is 10.8 Å². The van der Waals surface area contributed by atoms with Gasteiger partial charge in [0.25, 0.3) is 11.6 Å². The number of nitro benzene ring substituents is 1. The number of amides is 1. The summed E-state index contributed by atoms with van der Waals surface area (Å²) >= 11 is 10.3. The molecule has 1 N–H and O–H groups in total. The van der Waals surface area contributed by atoms with Crippen LogP contribution in [0, 0.1) is 17.3 Å². The van der Waals surface area contributed by atoms with Crippen LogP contribution in [0.2, 0.25) is 5.02 Å². The Bertz CT molecular complexity index is 1200. The van der Waals surface area contributed by atoms with E-state index in [0.29, 0.717) is 11.6 Å². The molecule has 33 heavy (non-hydrogen) atoms. The zero-order valence-corrected chi connectivity index (χ0v) is 22.1. The second-order valence-electron chi connectivity index (χ2n) is 6.57. The van der Waals surface area contributed by atoms with Gasteiger partial charge in [0, 0.05) is 17.2 Å². The third kappa shape index (κ3) is 6.77. The summed E-state index contributed by atoms with van der Waals surface area (Å²) < 4.78 is 12.8. The first-order valence-electron chi connectivity index (χ1n) is 9.30. The van der Waals surface area contributed by atoms with E-state index in [0.717, 1.165) is 30.1 Å². The topological polar surface area (TPSA) is 103 Å². The van der Waals surface area contributed by atoms with Gasteiger partial charge in [-0.3, -0.25) is 14.9 Å². The van der Waals surface area contributed by atoms with E-state index in [9.17, 15) is 14.9 Å². The number of non-ortho nitro benzene ring substituents is 1. The molecule has 0 unspecified atom stereocenters. The lowest BCUT2D eigenvalue weighted by molar-refractivity contribution is -0.384. The maximum Gasteiger partial charge on any atom is 0.275 e. The quantitative estimate of drug-likeness (QED) is 0.139. The fraction of sp³-hybridized carbons (Fsp3) is 0.0909. The molecule has 3 rings (SSSR count). The van der Waals surface area contributed by atoms with Crippen LogP contribution in [0.3, 0.4) is 0 Å². The molecule has 0 bridgehead atoms. The van der Waals surface area contributed by atoms with E-state index in [-0.39, 0.29) is 17.0 Å². The molecule has 0 saturated carbocycles. The summed E-state index contributed by atoms with van der Waals surface area (Å²) in [7, 11) is 1.38. The third-order valence-corrected chi connectivity index (χ3v) is 6.19. The molecule has 1 amide bonds. The van der Waals surface area contributed by atoms with Crippen molar-refractivity contribution in [3.63, 3.8) is 0 Å². The highest BCUT2D eigenvalue weighted by Gasteiger charge is 2.17. The SMILES string of the molecule is COc1ccc([N+](=O)[O-])cc1C(=O)NN=Cc1cc(I)c(OCc2ccc(Cl)cc2)c(I)c1. The highest BCUT2D eigenvalue weighted by atomic mass is 127. The Balaban J connectivity index is 1.69. The van der Waals surface area contributed by atoms with Crippen LogP contribution in [0.25, 0.3) is 0 Å². The zero-order valence-electron chi connectivity index (χ0n) is 17.1. The molecule has 0 aliphatic heterocycles. The molecule has 0 fully saturated rings. The van der Waals surface area contributed by atoms with Crippen molar-refractivity contribution in [1.82, 2.24) is 5.43 Å². The minimum absolute atomic E-state index is 0.0129. The number of nitrogens with one attached hydrogen (secondary N) is 1. The third-order valence-electron chi connectivity index (χ3n) is 4.34. The van der Waals surface area contributed by atoms with E-state index in [4.69, 9.17) is 21.1 Å². The normalized spacial score (nSPS) is 10.8. The summed E-state index contributed by atoms with van der Waals surface area (Å²) in [6.07, 6.45) is 1.48. The van der Waals surface area contributed by atoms with Crippen LogP contribution in [-0.4, -0.2) is 24.2 Å². The number of methoxy groups -OCH3 is 1. The Morgan fingerprint density at radius 2 is 1.82 bits per heavy atom. The van der Waals surface area contributed by atoms with Gasteiger partial charge in [0.1, 0.15) is 18.1 Å². The first-order chi connectivity index (χ1) is 15.8. The van der Waals surface area contributed by atoms with Gasteiger partial charge in [0.05, 0.1) is 31.0 Å². The second-order valence-corrected chi connectivity index (χ2v) is 9.33. The van der Waals surface area contributed by atoms with Gasteiger partial charge < -0.3 is 9.47 Å². The Morgan fingerprint density at radius 3 is 2.42 bits per heavy atom. The second kappa shape index (κ2) is 11.6. The van der Waals surface area contributed by atoms with Gasteiger partial charge in [-0.1, -0.05) is 23.7 Å². The van der Waals surface area contributed by atoms with E-state index in [1.54, 1.807) is 0 Å². The van der Waals surface area contributed by atoms with Crippen LogP contribution in [0.5, 0.6) is 11.5 Å². The number of hydrogen-bond acceptors (Lipinski definition) is 6. The van der Waals surface area contributed by atoms with Crippen molar-refractivity contribution in [1.29, 1.82) is 0 Å². The van der Waals surface area contributed by atoms with Crippen LogP contribution in [0.15, 0.2) is 59.7 Å². The summed E-state index contributed by atoms with van der Waals surface area (Å²) in [5.74, 6) is 0.326. The van der Waals surface area contributed by atoms with E-state index in [1.807, 2.05) is 36.4 Å². The van der Waals surface area contributed by atoms with E-state index >= 15 is 0 Å². The molecule has 8 nitrogen and oxygen atoms in total. The van der Waals surface area contributed by atoms with Crippen molar-refractivity contribution >= 4 is 74.6 Å². The largest absolute Gasteiger partial charge is 0.496 e. The van der Waals surface area contributed by atoms with Gasteiger partial charge in [0.2, 0.25) is 0 Å². The molecule has 3 aromatic carbocycles. The first-order valence-corrected chi connectivity index (χ1v) is 11.8. The Kier molecular flexibility index (Phi) is 8.86. The maximum atomic E-state index is 12.5. The number of carbonyl (C=O) groups excluding carboxylic acids is 1. The van der Waals surface area contributed by atoms with E-state index in [2.05, 4.69) is 55.7 Å². The Hall–Kier alpha value is -2.45. The van der Waals surface area contributed by atoms with Crippen LogP contribution in [0.4, 0.5) is 5.69 Å². The van der Waals surface area contributed by atoms with Gasteiger partial charge >= 0.3 is 0 Å². The van der Waals surface area contributed by atoms with Crippen LogP contribution in [0.1, 0.15) is 21.5 Å². The van der Waals surface area contributed by atoms with Crippen molar-refractivity contribution < 1.29 is 19.2 Å². The standard InChI is InChI=1S/C22H16ClI2N3O5/c1-32-20-7-6-16(28(30)31)10-17(20)22(29)27-26-11-14-8-18(24)21(19(25)9-14)33-12-13-2-4-15(23)5-3-13/h2-11H,12H2,1H3,(H,27,29). The molecule has 0 aliphatic rings. The molecule has 170 valence electrons. The van der Waals surface area contributed by atoms with Crippen molar-refractivity contribution in [2.75, 3.05) is 7.11 Å². The number of benzene rings is 3. The zero-order chi connectivity index (χ0) is 24.0. The van der Waals surface area contributed by atoms with Gasteiger partial charge in [-0.2, -0.15) is 5.10 Å². The number of carbonyl (C=O) groups is 1. The molecule has 11 heteroatoms. The number of rotatable bonds is 8. The molecule has 3 aromatic rings. The molecule has 0 aliphatic carbocycles.